The number of ether oxygens (including phenoxy) is 1. The first-order valence-electron chi connectivity index (χ1n) is 7.88. The zero-order valence-corrected chi connectivity index (χ0v) is 13.4. The maximum atomic E-state index is 11.9. The Morgan fingerprint density at radius 1 is 1.39 bits per heavy atom. The van der Waals surface area contributed by atoms with E-state index in [2.05, 4.69) is 27.5 Å². The van der Waals surface area contributed by atoms with Crippen LogP contribution in [0.3, 0.4) is 0 Å². The van der Waals surface area contributed by atoms with Crippen molar-refractivity contribution < 1.29 is 9.53 Å². The van der Waals surface area contributed by atoms with Gasteiger partial charge in [-0.2, -0.15) is 0 Å². The fourth-order valence-electron chi connectivity index (χ4n) is 2.82. The number of nitrogens with one attached hydrogen (secondary N) is 3. The second-order valence-electron chi connectivity index (χ2n) is 5.92. The van der Waals surface area contributed by atoms with Crippen molar-refractivity contribution >= 4 is 11.7 Å². The highest BCUT2D eigenvalue weighted by Crippen LogP contribution is 2.25. The lowest BCUT2D eigenvalue weighted by molar-refractivity contribution is 0.189. The van der Waals surface area contributed by atoms with Crippen LogP contribution in [0.2, 0.25) is 0 Å². The monoisotopic (exact) mass is 314 g/mol. The number of nitrogens with zero attached hydrogens (tertiary/aromatic N) is 1. The quantitative estimate of drug-likeness (QED) is 0.812. The fourth-order valence-corrected chi connectivity index (χ4v) is 2.82. The number of urea groups is 1. The highest BCUT2D eigenvalue weighted by Gasteiger charge is 2.18. The highest BCUT2D eigenvalue weighted by atomic mass is 16.5. The zero-order chi connectivity index (χ0) is 16.2. The third kappa shape index (κ3) is 3.71. The van der Waals surface area contributed by atoms with Gasteiger partial charge in [-0.15, -0.1) is 0 Å². The Morgan fingerprint density at radius 3 is 2.78 bits per heavy atom. The molecule has 23 heavy (non-hydrogen) atoms. The standard InChI is InChI=1S/C17H22N4O2/c1-11(16-12(2)18-10-19-16)13-3-5-14(6-4-13)20-17(22)21-15-7-8-23-9-15/h3-6,10-11,15H,7-9H2,1-2H3,(H,18,19)(H2,20,21,22)/t11?,15-/m0/s1. The van der Waals surface area contributed by atoms with Gasteiger partial charge in [0.15, 0.2) is 0 Å². The number of aromatic amines is 1. The maximum Gasteiger partial charge on any atom is 0.319 e. The number of anilines is 1. The minimum absolute atomic E-state index is 0.108. The fraction of sp³-hybridized carbons (Fsp3) is 0.412. The van der Waals surface area contributed by atoms with E-state index in [1.165, 1.54) is 0 Å². The summed E-state index contributed by atoms with van der Waals surface area (Å²) in [6, 6.07) is 7.79. The Kier molecular flexibility index (Phi) is 4.62. The topological polar surface area (TPSA) is 79.0 Å². The molecule has 1 fully saturated rings. The Morgan fingerprint density at radius 2 is 2.17 bits per heavy atom. The molecule has 1 saturated heterocycles. The summed E-state index contributed by atoms with van der Waals surface area (Å²) in [7, 11) is 0. The molecule has 0 bridgehead atoms. The van der Waals surface area contributed by atoms with E-state index in [1.54, 1.807) is 6.33 Å². The van der Waals surface area contributed by atoms with Crippen molar-refractivity contribution in [3.8, 4) is 0 Å². The molecule has 1 aromatic carbocycles. The number of aryl methyl sites for hydroxylation is 1. The summed E-state index contributed by atoms with van der Waals surface area (Å²) in [6.45, 7) is 5.45. The lowest BCUT2D eigenvalue weighted by Gasteiger charge is -2.14. The van der Waals surface area contributed by atoms with E-state index < -0.39 is 0 Å². The normalized spacial score (nSPS) is 18.6. The van der Waals surface area contributed by atoms with E-state index in [0.29, 0.717) is 13.2 Å². The van der Waals surface area contributed by atoms with Crippen LogP contribution in [0, 0.1) is 6.92 Å². The van der Waals surface area contributed by atoms with Gasteiger partial charge in [-0.3, -0.25) is 0 Å². The molecule has 1 aromatic heterocycles. The molecule has 2 amide bonds. The second-order valence-corrected chi connectivity index (χ2v) is 5.92. The first kappa shape index (κ1) is 15.6. The van der Waals surface area contributed by atoms with Crippen molar-refractivity contribution in [1.29, 1.82) is 0 Å². The highest BCUT2D eigenvalue weighted by molar-refractivity contribution is 5.89. The number of rotatable bonds is 4. The van der Waals surface area contributed by atoms with Gasteiger partial charge in [0.1, 0.15) is 0 Å². The SMILES string of the molecule is Cc1[nH]cnc1C(C)c1ccc(NC(=O)N[C@H]2CCOC2)cc1. The van der Waals surface area contributed by atoms with E-state index in [0.717, 1.165) is 29.1 Å². The summed E-state index contributed by atoms with van der Waals surface area (Å²) < 4.78 is 5.24. The van der Waals surface area contributed by atoms with Crippen LogP contribution in [0.1, 0.15) is 36.2 Å². The number of amides is 2. The van der Waals surface area contributed by atoms with E-state index in [9.17, 15) is 4.79 Å². The number of benzene rings is 1. The number of H-pyrrole nitrogens is 1. The van der Waals surface area contributed by atoms with Gasteiger partial charge in [0.25, 0.3) is 0 Å². The van der Waals surface area contributed by atoms with Gasteiger partial charge in [-0.25, -0.2) is 9.78 Å². The van der Waals surface area contributed by atoms with Gasteiger partial charge in [-0.1, -0.05) is 19.1 Å². The molecule has 0 radical (unpaired) electrons. The van der Waals surface area contributed by atoms with Crippen LogP contribution in [0.5, 0.6) is 0 Å². The summed E-state index contributed by atoms with van der Waals surface area (Å²) in [5.41, 5.74) is 4.06. The molecule has 0 spiro atoms. The maximum absolute atomic E-state index is 11.9. The van der Waals surface area contributed by atoms with Gasteiger partial charge in [0.2, 0.25) is 0 Å². The van der Waals surface area contributed by atoms with Crippen molar-refractivity contribution in [2.45, 2.75) is 32.2 Å². The summed E-state index contributed by atoms with van der Waals surface area (Å²) in [6.07, 6.45) is 2.58. The molecule has 3 N–H and O–H groups in total. The lowest BCUT2D eigenvalue weighted by atomic mass is 9.96. The number of imidazole rings is 1. The largest absolute Gasteiger partial charge is 0.379 e. The van der Waals surface area contributed by atoms with Crippen molar-refractivity contribution in [1.82, 2.24) is 15.3 Å². The smallest absolute Gasteiger partial charge is 0.319 e. The van der Waals surface area contributed by atoms with Crippen molar-refractivity contribution in [2.24, 2.45) is 0 Å². The molecule has 1 unspecified atom stereocenters. The van der Waals surface area contributed by atoms with E-state index in [4.69, 9.17) is 4.74 Å². The molecule has 2 atom stereocenters. The van der Waals surface area contributed by atoms with Gasteiger partial charge in [-0.05, 0) is 31.0 Å². The molecule has 6 heteroatoms. The number of aromatic nitrogens is 2. The predicted octanol–water partition coefficient (Wildman–Crippen LogP) is 2.78. The van der Waals surface area contributed by atoms with Crippen LogP contribution in [0.4, 0.5) is 10.5 Å². The number of carbonyl (C=O) groups is 1. The first-order chi connectivity index (χ1) is 11.1. The Bertz CT molecular complexity index is 659. The van der Waals surface area contributed by atoms with Crippen molar-refractivity contribution in [3.05, 3.63) is 47.5 Å². The molecule has 0 aliphatic carbocycles. The Hall–Kier alpha value is -2.34. The van der Waals surface area contributed by atoms with Crippen LogP contribution in [0.15, 0.2) is 30.6 Å². The van der Waals surface area contributed by atoms with Crippen LogP contribution < -0.4 is 10.6 Å². The molecule has 6 nitrogen and oxygen atoms in total. The molecular formula is C17H22N4O2. The van der Waals surface area contributed by atoms with E-state index in [1.807, 2.05) is 31.2 Å². The first-order valence-corrected chi connectivity index (χ1v) is 7.88. The average Bonchev–Trinajstić information content (AvgIpc) is 3.19. The minimum Gasteiger partial charge on any atom is -0.379 e. The lowest BCUT2D eigenvalue weighted by Crippen LogP contribution is -2.38. The molecule has 2 aromatic rings. The Balaban J connectivity index is 1.60. The number of hydrogen-bond acceptors (Lipinski definition) is 3. The number of hydrogen-bond donors (Lipinski definition) is 3. The molecule has 1 aliphatic heterocycles. The van der Waals surface area contributed by atoms with Crippen LogP contribution in [-0.4, -0.2) is 35.3 Å². The second kappa shape index (κ2) is 6.83. The third-order valence-corrected chi connectivity index (χ3v) is 4.21. The van der Waals surface area contributed by atoms with Crippen LogP contribution >= 0.6 is 0 Å². The number of carbonyl (C=O) groups excluding carboxylic acids is 1. The third-order valence-electron chi connectivity index (χ3n) is 4.21. The molecule has 2 heterocycles. The molecule has 1 aliphatic rings. The van der Waals surface area contributed by atoms with Crippen LogP contribution in [-0.2, 0) is 4.74 Å². The average molecular weight is 314 g/mol. The summed E-state index contributed by atoms with van der Waals surface area (Å²) in [5.74, 6) is 0.208. The van der Waals surface area contributed by atoms with Gasteiger partial charge >= 0.3 is 6.03 Å². The molecule has 0 saturated carbocycles. The van der Waals surface area contributed by atoms with Gasteiger partial charge < -0.3 is 20.4 Å². The van der Waals surface area contributed by atoms with Gasteiger partial charge in [0.05, 0.1) is 24.7 Å². The van der Waals surface area contributed by atoms with E-state index in [-0.39, 0.29) is 18.0 Å². The summed E-state index contributed by atoms with van der Waals surface area (Å²) in [4.78, 5) is 19.4. The summed E-state index contributed by atoms with van der Waals surface area (Å²) in [5, 5.41) is 5.76. The van der Waals surface area contributed by atoms with Crippen molar-refractivity contribution in [2.75, 3.05) is 18.5 Å². The van der Waals surface area contributed by atoms with Crippen molar-refractivity contribution in [3.63, 3.8) is 0 Å². The minimum atomic E-state index is -0.190. The van der Waals surface area contributed by atoms with E-state index >= 15 is 0 Å². The zero-order valence-electron chi connectivity index (χ0n) is 13.4. The molecule has 122 valence electrons. The van der Waals surface area contributed by atoms with Gasteiger partial charge in [0, 0.05) is 23.9 Å². The summed E-state index contributed by atoms with van der Waals surface area (Å²) >= 11 is 0. The predicted molar refractivity (Wildman–Crippen MR) is 88.7 cm³/mol. The van der Waals surface area contributed by atoms with Crippen LogP contribution in [0.25, 0.3) is 0 Å². The Labute approximate surface area is 135 Å². The molecule has 3 rings (SSSR count). The molecular weight excluding hydrogens is 292 g/mol.